The number of hydrogen-bond acceptors (Lipinski definition) is 3. The second-order valence-electron chi connectivity index (χ2n) is 4.10. The molecule has 0 aliphatic carbocycles. The minimum atomic E-state index is -1.72. The van der Waals surface area contributed by atoms with E-state index in [1.807, 2.05) is 5.32 Å². The average molecular weight is 375 g/mol. The van der Waals surface area contributed by atoms with Crippen molar-refractivity contribution in [2.24, 2.45) is 0 Å². The van der Waals surface area contributed by atoms with Crippen molar-refractivity contribution >= 4 is 33.2 Å². The second kappa shape index (κ2) is 6.14. The minimum absolute atomic E-state index is 0.140. The van der Waals surface area contributed by atoms with Gasteiger partial charge in [0.15, 0.2) is 17.5 Å². The van der Waals surface area contributed by atoms with E-state index in [0.29, 0.717) is 6.07 Å². The van der Waals surface area contributed by atoms with Crippen LogP contribution in [0.5, 0.6) is 0 Å². The minimum Gasteiger partial charge on any atom is -0.319 e. The van der Waals surface area contributed by atoms with Gasteiger partial charge in [0, 0.05) is 11.6 Å². The molecule has 2 rings (SSSR count). The zero-order valence-electron chi connectivity index (χ0n) is 10.6. The molecule has 0 aromatic heterocycles. The Hall–Kier alpha value is -2.42. The molecule has 0 spiro atoms. The summed E-state index contributed by atoms with van der Waals surface area (Å²) in [5.74, 6) is -5.57. The maximum absolute atomic E-state index is 13.5. The molecule has 0 bridgehead atoms. The van der Waals surface area contributed by atoms with Gasteiger partial charge in [-0.3, -0.25) is 14.9 Å². The number of halogens is 4. The van der Waals surface area contributed by atoms with Crippen LogP contribution in [-0.4, -0.2) is 10.8 Å². The second-order valence-corrected chi connectivity index (χ2v) is 4.95. The van der Waals surface area contributed by atoms with E-state index >= 15 is 0 Å². The van der Waals surface area contributed by atoms with Gasteiger partial charge in [0.1, 0.15) is 0 Å². The Morgan fingerprint density at radius 3 is 2.45 bits per heavy atom. The Morgan fingerprint density at radius 2 is 1.82 bits per heavy atom. The highest BCUT2D eigenvalue weighted by molar-refractivity contribution is 9.10. The standard InChI is InChI=1S/C13H6BrF3N2O3/c14-7-2-1-6(5-10(7)19(21)22)13(20)18-9-4-3-8(15)11(16)12(9)17/h1-5H,(H,18,20). The number of nitrogens with zero attached hydrogens (tertiary/aromatic N) is 1. The number of nitro benzene ring substituents is 1. The highest BCUT2D eigenvalue weighted by Crippen LogP contribution is 2.26. The maximum atomic E-state index is 13.5. The van der Waals surface area contributed by atoms with Crippen LogP contribution >= 0.6 is 15.9 Å². The predicted molar refractivity (Wildman–Crippen MR) is 75.1 cm³/mol. The summed E-state index contributed by atoms with van der Waals surface area (Å²) in [5, 5.41) is 12.8. The Labute approximate surface area is 130 Å². The van der Waals surface area contributed by atoms with E-state index in [9.17, 15) is 28.1 Å². The summed E-state index contributed by atoms with van der Waals surface area (Å²) < 4.78 is 39.5. The first-order chi connectivity index (χ1) is 10.3. The molecule has 0 saturated carbocycles. The monoisotopic (exact) mass is 374 g/mol. The van der Waals surface area contributed by atoms with E-state index in [2.05, 4.69) is 15.9 Å². The third-order valence-electron chi connectivity index (χ3n) is 2.69. The molecule has 0 atom stereocenters. The van der Waals surface area contributed by atoms with Crippen molar-refractivity contribution in [3.05, 3.63) is 67.9 Å². The van der Waals surface area contributed by atoms with Crippen molar-refractivity contribution in [3.8, 4) is 0 Å². The number of anilines is 1. The van der Waals surface area contributed by atoms with Gasteiger partial charge in [-0.25, -0.2) is 13.2 Å². The predicted octanol–water partition coefficient (Wildman–Crippen LogP) is 4.03. The normalized spacial score (nSPS) is 10.4. The van der Waals surface area contributed by atoms with Gasteiger partial charge in [0.25, 0.3) is 11.6 Å². The van der Waals surface area contributed by atoms with Crippen LogP contribution in [-0.2, 0) is 0 Å². The van der Waals surface area contributed by atoms with Crippen molar-refractivity contribution in [3.63, 3.8) is 0 Å². The molecular formula is C13H6BrF3N2O3. The molecule has 1 N–H and O–H groups in total. The topological polar surface area (TPSA) is 72.2 Å². The van der Waals surface area contributed by atoms with Gasteiger partial charge in [-0.2, -0.15) is 0 Å². The summed E-state index contributed by atoms with van der Waals surface area (Å²) in [6.07, 6.45) is 0. The van der Waals surface area contributed by atoms with E-state index in [1.54, 1.807) is 0 Å². The molecule has 114 valence electrons. The third kappa shape index (κ3) is 3.08. The summed E-state index contributed by atoms with van der Waals surface area (Å²) in [6.45, 7) is 0. The summed E-state index contributed by atoms with van der Waals surface area (Å²) in [6, 6.07) is 4.99. The van der Waals surface area contributed by atoms with Gasteiger partial charge in [0.05, 0.1) is 15.1 Å². The molecular weight excluding hydrogens is 369 g/mol. The van der Waals surface area contributed by atoms with Crippen LogP contribution in [0.25, 0.3) is 0 Å². The van der Waals surface area contributed by atoms with E-state index in [1.165, 1.54) is 12.1 Å². The highest BCUT2D eigenvalue weighted by atomic mass is 79.9. The largest absolute Gasteiger partial charge is 0.319 e. The van der Waals surface area contributed by atoms with E-state index in [0.717, 1.165) is 12.1 Å². The molecule has 0 unspecified atom stereocenters. The van der Waals surface area contributed by atoms with Crippen molar-refractivity contribution in [1.29, 1.82) is 0 Å². The zero-order valence-corrected chi connectivity index (χ0v) is 12.2. The van der Waals surface area contributed by atoms with Crippen LogP contribution in [0.4, 0.5) is 24.5 Å². The number of carbonyl (C=O) groups excluding carboxylic acids is 1. The van der Waals surface area contributed by atoms with E-state index in [4.69, 9.17) is 0 Å². The number of hydrogen-bond donors (Lipinski definition) is 1. The van der Waals surface area contributed by atoms with Crippen LogP contribution in [0, 0.1) is 27.6 Å². The smallest absolute Gasteiger partial charge is 0.284 e. The number of carbonyl (C=O) groups is 1. The fourth-order valence-electron chi connectivity index (χ4n) is 1.61. The molecule has 0 saturated heterocycles. The first kappa shape index (κ1) is 16.0. The quantitative estimate of drug-likeness (QED) is 0.500. The molecule has 5 nitrogen and oxygen atoms in total. The van der Waals surface area contributed by atoms with E-state index < -0.39 is 34.0 Å². The molecule has 0 heterocycles. The molecule has 0 radical (unpaired) electrons. The van der Waals surface area contributed by atoms with Crippen LogP contribution in [0.3, 0.4) is 0 Å². The molecule has 0 aliphatic heterocycles. The Balaban J connectivity index is 2.32. The summed E-state index contributed by atoms with van der Waals surface area (Å²) in [5.41, 5.74) is -1.08. The molecule has 2 aromatic rings. The fourth-order valence-corrected chi connectivity index (χ4v) is 2.00. The summed E-state index contributed by atoms with van der Waals surface area (Å²) >= 11 is 2.95. The Bertz CT molecular complexity index is 783. The first-order valence-electron chi connectivity index (χ1n) is 5.70. The number of amides is 1. The lowest BCUT2D eigenvalue weighted by Gasteiger charge is -2.07. The van der Waals surface area contributed by atoms with Gasteiger partial charge in [-0.15, -0.1) is 0 Å². The van der Waals surface area contributed by atoms with Crippen molar-refractivity contribution in [1.82, 2.24) is 0 Å². The Kier molecular flexibility index (Phi) is 4.45. The van der Waals surface area contributed by atoms with Crippen LogP contribution in [0.15, 0.2) is 34.8 Å². The van der Waals surface area contributed by atoms with Gasteiger partial charge < -0.3 is 5.32 Å². The number of benzene rings is 2. The molecule has 1 amide bonds. The van der Waals surface area contributed by atoms with Crippen LogP contribution < -0.4 is 5.32 Å². The SMILES string of the molecule is O=C(Nc1ccc(F)c(F)c1F)c1ccc(Br)c([N+](=O)[O-])c1. The summed E-state index contributed by atoms with van der Waals surface area (Å²) in [7, 11) is 0. The lowest BCUT2D eigenvalue weighted by Crippen LogP contribution is -2.14. The molecule has 0 fully saturated rings. The molecule has 0 aliphatic rings. The Morgan fingerprint density at radius 1 is 1.14 bits per heavy atom. The van der Waals surface area contributed by atoms with Gasteiger partial charge in [-0.1, -0.05) is 0 Å². The average Bonchev–Trinajstić information content (AvgIpc) is 2.48. The number of rotatable bonds is 3. The van der Waals surface area contributed by atoms with Crippen molar-refractivity contribution in [2.45, 2.75) is 0 Å². The maximum Gasteiger partial charge on any atom is 0.284 e. The number of nitrogens with one attached hydrogen (secondary N) is 1. The van der Waals surface area contributed by atoms with Gasteiger partial charge in [0.2, 0.25) is 0 Å². The molecule has 22 heavy (non-hydrogen) atoms. The van der Waals surface area contributed by atoms with Crippen LogP contribution in [0.2, 0.25) is 0 Å². The van der Waals surface area contributed by atoms with Crippen LogP contribution in [0.1, 0.15) is 10.4 Å². The van der Waals surface area contributed by atoms with Crippen molar-refractivity contribution < 1.29 is 22.9 Å². The van der Waals surface area contributed by atoms with E-state index in [-0.39, 0.29) is 15.7 Å². The zero-order chi connectivity index (χ0) is 16.4. The third-order valence-corrected chi connectivity index (χ3v) is 3.36. The molecule has 9 heteroatoms. The lowest BCUT2D eigenvalue weighted by molar-refractivity contribution is -0.385. The summed E-state index contributed by atoms with van der Waals surface area (Å²) in [4.78, 5) is 22.0. The van der Waals surface area contributed by atoms with Crippen molar-refractivity contribution in [2.75, 3.05) is 5.32 Å². The first-order valence-corrected chi connectivity index (χ1v) is 6.49. The lowest BCUT2D eigenvalue weighted by atomic mass is 10.2. The number of nitro groups is 1. The molecule has 2 aromatic carbocycles. The van der Waals surface area contributed by atoms with Gasteiger partial charge in [-0.05, 0) is 40.2 Å². The fraction of sp³-hybridized carbons (Fsp3) is 0. The van der Waals surface area contributed by atoms with Gasteiger partial charge >= 0.3 is 0 Å². The highest BCUT2D eigenvalue weighted by Gasteiger charge is 2.19.